The van der Waals surface area contributed by atoms with Crippen LogP contribution < -0.4 is 10.0 Å². The van der Waals surface area contributed by atoms with Crippen LogP contribution >= 0.6 is 23.2 Å². The van der Waals surface area contributed by atoms with Crippen molar-refractivity contribution in [3.8, 4) is 0 Å². The molecule has 1 aliphatic carbocycles. The molecule has 2 aromatic rings. The molecule has 24 heavy (non-hydrogen) atoms. The Balaban J connectivity index is 1.77. The highest BCUT2D eigenvalue weighted by atomic mass is 35.5. The SMILES string of the molecule is O=C(NC1CC1)c1ccc(NS(=O)(=O)c2cc(Cl)ccc2Cl)cc1. The average molecular weight is 385 g/mol. The Morgan fingerprint density at radius 3 is 2.33 bits per heavy atom. The topological polar surface area (TPSA) is 75.3 Å². The van der Waals surface area contributed by atoms with Gasteiger partial charge in [0.15, 0.2) is 0 Å². The van der Waals surface area contributed by atoms with E-state index in [0.29, 0.717) is 11.3 Å². The van der Waals surface area contributed by atoms with Gasteiger partial charge in [0.25, 0.3) is 15.9 Å². The predicted molar refractivity (Wildman–Crippen MR) is 94.2 cm³/mol. The maximum atomic E-state index is 12.4. The maximum Gasteiger partial charge on any atom is 0.263 e. The van der Waals surface area contributed by atoms with E-state index in [0.717, 1.165) is 12.8 Å². The van der Waals surface area contributed by atoms with Crippen molar-refractivity contribution in [3.05, 3.63) is 58.1 Å². The smallest absolute Gasteiger partial charge is 0.263 e. The number of anilines is 1. The van der Waals surface area contributed by atoms with E-state index < -0.39 is 10.0 Å². The molecule has 1 amide bonds. The first-order valence-electron chi connectivity index (χ1n) is 7.24. The molecule has 0 bridgehead atoms. The molecule has 2 N–H and O–H groups in total. The number of hydrogen-bond acceptors (Lipinski definition) is 3. The quantitative estimate of drug-likeness (QED) is 0.825. The molecule has 1 fully saturated rings. The molecular formula is C16H14Cl2N2O3S. The highest BCUT2D eigenvalue weighted by molar-refractivity contribution is 7.92. The molecule has 0 aliphatic heterocycles. The summed E-state index contributed by atoms with van der Waals surface area (Å²) in [6.45, 7) is 0. The summed E-state index contributed by atoms with van der Waals surface area (Å²) in [4.78, 5) is 11.8. The van der Waals surface area contributed by atoms with E-state index >= 15 is 0 Å². The number of nitrogens with one attached hydrogen (secondary N) is 2. The van der Waals surface area contributed by atoms with Crippen molar-refractivity contribution in [2.45, 2.75) is 23.8 Å². The highest BCUT2D eigenvalue weighted by Crippen LogP contribution is 2.27. The Hall–Kier alpha value is -1.76. The van der Waals surface area contributed by atoms with Crippen LogP contribution in [0.15, 0.2) is 47.4 Å². The number of carbonyl (C=O) groups is 1. The fourth-order valence-electron chi connectivity index (χ4n) is 2.08. The van der Waals surface area contributed by atoms with Gasteiger partial charge in [-0.1, -0.05) is 23.2 Å². The summed E-state index contributed by atoms with van der Waals surface area (Å²) in [5, 5.41) is 3.21. The highest BCUT2D eigenvalue weighted by Gasteiger charge is 2.24. The first-order valence-corrected chi connectivity index (χ1v) is 9.48. The van der Waals surface area contributed by atoms with E-state index in [-0.39, 0.29) is 26.9 Å². The van der Waals surface area contributed by atoms with Gasteiger partial charge in [0.2, 0.25) is 0 Å². The Kier molecular flexibility index (Phi) is 4.71. The predicted octanol–water partition coefficient (Wildman–Crippen LogP) is 3.69. The minimum Gasteiger partial charge on any atom is -0.349 e. The lowest BCUT2D eigenvalue weighted by Gasteiger charge is -2.10. The van der Waals surface area contributed by atoms with E-state index in [4.69, 9.17) is 23.2 Å². The lowest BCUT2D eigenvalue weighted by atomic mass is 10.2. The second-order valence-electron chi connectivity index (χ2n) is 5.51. The average Bonchev–Trinajstić information content (AvgIpc) is 3.34. The van der Waals surface area contributed by atoms with Gasteiger partial charge in [-0.15, -0.1) is 0 Å². The minimum atomic E-state index is -3.88. The van der Waals surface area contributed by atoms with Gasteiger partial charge in [-0.25, -0.2) is 8.42 Å². The van der Waals surface area contributed by atoms with Crippen molar-refractivity contribution in [3.63, 3.8) is 0 Å². The third kappa shape index (κ3) is 4.01. The second-order valence-corrected chi connectivity index (χ2v) is 8.00. The van der Waals surface area contributed by atoms with Crippen LogP contribution in [-0.4, -0.2) is 20.4 Å². The summed E-state index contributed by atoms with van der Waals surface area (Å²) in [7, 11) is -3.88. The second kappa shape index (κ2) is 6.63. The lowest BCUT2D eigenvalue weighted by Crippen LogP contribution is -2.25. The zero-order valence-corrected chi connectivity index (χ0v) is 14.8. The molecule has 0 unspecified atom stereocenters. The molecule has 126 valence electrons. The molecule has 3 rings (SSSR count). The summed E-state index contributed by atoms with van der Waals surface area (Å²) < 4.78 is 27.2. The van der Waals surface area contributed by atoms with Gasteiger partial charge >= 0.3 is 0 Å². The molecule has 0 spiro atoms. The largest absolute Gasteiger partial charge is 0.349 e. The van der Waals surface area contributed by atoms with Crippen LogP contribution in [0.2, 0.25) is 10.0 Å². The van der Waals surface area contributed by atoms with E-state index in [9.17, 15) is 13.2 Å². The molecular weight excluding hydrogens is 371 g/mol. The number of benzene rings is 2. The summed E-state index contributed by atoms with van der Waals surface area (Å²) in [6.07, 6.45) is 2.01. The molecule has 0 heterocycles. The van der Waals surface area contributed by atoms with Crippen molar-refractivity contribution >= 4 is 44.8 Å². The van der Waals surface area contributed by atoms with Gasteiger partial charge < -0.3 is 5.32 Å². The standard InChI is InChI=1S/C16H14Cl2N2O3S/c17-11-3-8-14(18)15(9-11)24(22,23)20-13-4-1-10(2-5-13)16(21)19-12-6-7-12/h1-5,8-9,12,20H,6-7H2,(H,19,21). The zero-order chi connectivity index (χ0) is 17.3. The molecule has 0 radical (unpaired) electrons. The number of halogens is 2. The van der Waals surface area contributed by atoms with E-state index in [1.807, 2.05) is 0 Å². The lowest BCUT2D eigenvalue weighted by molar-refractivity contribution is 0.0951. The zero-order valence-electron chi connectivity index (χ0n) is 12.4. The van der Waals surface area contributed by atoms with Gasteiger partial charge in [0.1, 0.15) is 4.90 Å². The molecule has 1 aliphatic rings. The van der Waals surface area contributed by atoms with Crippen LogP contribution in [0.3, 0.4) is 0 Å². The summed E-state index contributed by atoms with van der Waals surface area (Å²) in [6, 6.07) is 10.7. The Morgan fingerprint density at radius 2 is 1.71 bits per heavy atom. The van der Waals surface area contributed by atoms with E-state index in [1.54, 1.807) is 12.1 Å². The molecule has 1 saturated carbocycles. The Bertz CT molecular complexity index is 879. The minimum absolute atomic E-state index is 0.0762. The molecule has 5 nitrogen and oxygen atoms in total. The van der Waals surface area contributed by atoms with E-state index in [2.05, 4.69) is 10.0 Å². The maximum absolute atomic E-state index is 12.4. The number of carbonyl (C=O) groups excluding carboxylic acids is 1. The van der Waals surface area contributed by atoms with E-state index in [1.165, 1.54) is 30.3 Å². The van der Waals surface area contributed by atoms with Crippen LogP contribution in [-0.2, 0) is 10.0 Å². The van der Waals surface area contributed by atoms with Gasteiger partial charge in [0, 0.05) is 22.3 Å². The molecule has 0 aromatic heterocycles. The first-order chi connectivity index (χ1) is 11.3. The van der Waals surface area contributed by atoms with Crippen LogP contribution in [0.4, 0.5) is 5.69 Å². The van der Waals surface area contributed by atoms with Gasteiger partial charge in [-0.05, 0) is 55.3 Å². The number of hydrogen-bond donors (Lipinski definition) is 2. The van der Waals surface area contributed by atoms with Crippen LogP contribution in [0.1, 0.15) is 23.2 Å². The summed E-state index contributed by atoms with van der Waals surface area (Å²) in [5.41, 5.74) is 0.805. The van der Waals surface area contributed by atoms with Crippen molar-refractivity contribution < 1.29 is 13.2 Å². The Labute approximate surface area is 150 Å². The molecule has 0 atom stereocenters. The van der Waals surface area contributed by atoms with Gasteiger partial charge in [0.05, 0.1) is 5.02 Å². The molecule has 8 heteroatoms. The Morgan fingerprint density at radius 1 is 1.04 bits per heavy atom. The van der Waals surface area contributed by atoms with Crippen molar-refractivity contribution in [2.24, 2.45) is 0 Å². The fourth-order valence-corrected chi connectivity index (χ4v) is 3.90. The van der Waals surface area contributed by atoms with Crippen LogP contribution in [0.25, 0.3) is 0 Å². The third-order valence-electron chi connectivity index (χ3n) is 3.49. The monoisotopic (exact) mass is 384 g/mol. The van der Waals surface area contributed by atoms with Crippen LogP contribution in [0.5, 0.6) is 0 Å². The van der Waals surface area contributed by atoms with Gasteiger partial charge in [-0.2, -0.15) is 0 Å². The van der Waals surface area contributed by atoms with Crippen molar-refractivity contribution in [1.29, 1.82) is 0 Å². The number of sulfonamides is 1. The van der Waals surface area contributed by atoms with Crippen molar-refractivity contribution in [2.75, 3.05) is 4.72 Å². The normalized spacial score (nSPS) is 14.2. The fraction of sp³-hybridized carbons (Fsp3) is 0.188. The third-order valence-corrected chi connectivity index (χ3v) is 5.59. The van der Waals surface area contributed by atoms with Crippen LogP contribution in [0, 0.1) is 0 Å². The summed E-state index contributed by atoms with van der Waals surface area (Å²) in [5.74, 6) is -0.162. The molecule has 0 saturated heterocycles. The molecule has 2 aromatic carbocycles. The first kappa shape index (κ1) is 17.1. The van der Waals surface area contributed by atoms with Crippen molar-refractivity contribution in [1.82, 2.24) is 5.32 Å². The number of rotatable bonds is 5. The van der Waals surface area contributed by atoms with Gasteiger partial charge in [-0.3, -0.25) is 9.52 Å². The summed E-state index contributed by atoms with van der Waals surface area (Å²) >= 11 is 11.8. The number of amides is 1.